The summed E-state index contributed by atoms with van der Waals surface area (Å²) in [6.07, 6.45) is 0. The molecular formula is C16H14ClN5. The van der Waals surface area contributed by atoms with Crippen LogP contribution in [0, 0.1) is 6.92 Å². The van der Waals surface area contributed by atoms with Gasteiger partial charge in [0.2, 0.25) is 0 Å². The Bertz CT molecular complexity index is 804. The third-order valence-corrected chi connectivity index (χ3v) is 3.45. The van der Waals surface area contributed by atoms with Gasteiger partial charge in [0.15, 0.2) is 11.5 Å². The van der Waals surface area contributed by atoms with Crippen molar-refractivity contribution >= 4 is 28.8 Å². The van der Waals surface area contributed by atoms with Crippen molar-refractivity contribution in [2.75, 3.05) is 5.73 Å². The summed E-state index contributed by atoms with van der Waals surface area (Å²) < 4.78 is 0. The normalized spacial score (nSPS) is 11.2. The van der Waals surface area contributed by atoms with Gasteiger partial charge in [-0.2, -0.15) is 10.2 Å². The Labute approximate surface area is 132 Å². The van der Waals surface area contributed by atoms with Crippen LogP contribution in [0.2, 0.25) is 5.02 Å². The molecular weight excluding hydrogens is 298 g/mol. The largest absolute Gasteiger partial charge is 0.380 e. The van der Waals surface area contributed by atoms with Crippen LogP contribution in [-0.2, 0) is 0 Å². The molecule has 0 unspecified atom stereocenters. The highest BCUT2D eigenvalue weighted by atomic mass is 35.5. The lowest BCUT2D eigenvalue weighted by Crippen LogP contribution is -1.83. The van der Waals surface area contributed by atoms with E-state index in [1.807, 2.05) is 43.3 Å². The van der Waals surface area contributed by atoms with Gasteiger partial charge in [0.05, 0.1) is 11.4 Å². The predicted octanol–water partition coefficient (Wildman–Crippen LogP) is 5.04. The second kappa shape index (κ2) is 5.99. The topological polar surface area (TPSA) is 79.4 Å². The number of anilines is 1. The van der Waals surface area contributed by atoms with Crippen molar-refractivity contribution in [1.82, 2.24) is 10.2 Å². The maximum Gasteiger partial charge on any atom is 0.173 e. The molecule has 3 N–H and O–H groups in total. The standard InChI is InChI=1S/C16H14ClN5/c1-10-2-8-13(9-3-10)19-21-15-14(20-22-16(15)18)11-4-6-12(17)7-5-11/h2-9H,1H3,(H3,18,20,22). The molecule has 0 radical (unpaired) electrons. The first-order valence-electron chi connectivity index (χ1n) is 6.71. The van der Waals surface area contributed by atoms with E-state index >= 15 is 0 Å². The van der Waals surface area contributed by atoms with Crippen LogP contribution in [0.5, 0.6) is 0 Å². The number of nitrogen functional groups attached to an aromatic ring is 1. The van der Waals surface area contributed by atoms with Crippen molar-refractivity contribution in [1.29, 1.82) is 0 Å². The van der Waals surface area contributed by atoms with Crippen molar-refractivity contribution in [3.8, 4) is 11.3 Å². The number of nitrogens with one attached hydrogen (secondary N) is 1. The average molecular weight is 312 g/mol. The van der Waals surface area contributed by atoms with E-state index in [0.29, 0.717) is 22.2 Å². The Hall–Kier alpha value is -2.66. The zero-order valence-corrected chi connectivity index (χ0v) is 12.7. The van der Waals surface area contributed by atoms with Crippen LogP contribution in [0.4, 0.5) is 17.2 Å². The summed E-state index contributed by atoms with van der Waals surface area (Å²) in [6.45, 7) is 2.02. The first kappa shape index (κ1) is 14.3. The minimum atomic E-state index is 0.306. The van der Waals surface area contributed by atoms with Crippen LogP contribution in [0.25, 0.3) is 11.3 Å². The minimum absolute atomic E-state index is 0.306. The van der Waals surface area contributed by atoms with Crippen molar-refractivity contribution < 1.29 is 0 Å². The van der Waals surface area contributed by atoms with Gasteiger partial charge in [-0.25, -0.2) is 0 Å². The Balaban J connectivity index is 1.95. The number of benzene rings is 2. The molecule has 1 aromatic heterocycles. The zero-order valence-electron chi connectivity index (χ0n) is 11.9. The van der Waals surface area contributed by atoms with E-state index in [0.717, 1.165) is 11.3 Å². The lowest BCUT2D eigenvalue weighted by atomic mass is 10.1. The van der Waals surface area contributed by atoms with E-state index < -0.39 is 0 Å². The predicted molar refractivity (Wildman–Crippen MR) is 88.8 cm³/mol. The molecule has 1 heterocycles. The molecule has 3 aromatic rings. The molecule has 0 amide bonds. The van der Waals surface area contributed by atoms with E-state index in [1.165, 1.54) is 5.56 Å². The number of nitrogens with zero attached hydrogens (tertiary/aromatic N) is 3. The lowest BCUT2D eigenvalue weighted by molar-refractivity contribution is 1.10. The summed E-state index contributed by atoms with van der Waals surface area (Å²) in [5.74, 6) is 0.306. The molecule has 110 valence electrons. The third kappa shape index (κ3) is 2.99. The van der Waals surface area contributed by atoms with Crippen LogP contribution in [0.3, 0.4) is 0 Å². The van der Waals surface area contributed by atoms with E-state index in [4.69, 9.17) is 17.3 Å². The molecule has 0 bridgehead atoms. The van der Waals surface area contributed by atoms with E-state index in [9.17, 15) is 0 Å². The second-order valence-corrected chi connectivity index (χ2v) is 5.31. The van der Waals surface area contributed by atoms with Crippen LogP contribution in [0.1, 0.15) is 5.56 Å². The summed E-state index contributed by atoms with van der Waals surface area (Å²) in [5.41, 5.74) is 9.93. The molecule has 0 spiro atoms. The molecule has 2 aromatic carbocycles. The van der Waals surface area contributed by atoms with Crippen molar-refractivity contribution in [3.05, 3.63) is 59.1 Å². The fraction of sp³-hybridized carbons (Fsp3) is 0.0625. The average Bonchev–Trinajstić information content (AvgIpc) is 2.89. The van der Waals surface area contributed by atoms with E-state index in [2.05, 4.69) is 20.4 Å². The van der Waals surface area contributed by atoms with Crippen LogP contribution >= 0.6 is 11.6 Å². The van der Waals surface area contributed by atoms with Crippen LogP contribution < -0.4 is 5.73 Å². The molecule has 0 saturated carbocycles. The summed E-state index contributed by atoms with van der Waals surface area (Å²) in [7, 11) is 0. The maximum absolute atomic E-state index is 5.91. The van der Waals surface area contributed by atoms with Gasteiger partial charge in [-0.15, -0.1) is 5.11 Å². The van der Waals surface area contributed by atoms with Crippen molar-refractivity contribution in [2.45, 2.75) is 6.92 Å². The van der Waals surface area contributed by atoms with Gasteiger partial charge in [0.25, 0.3) is 0 Å². The van der Waals surface area contributed by atoms with Crippen molar-refractivity contribution in [3.63, 3.8) is 0 Å². The number of aryl methyl sites for hydroxylation is 1. The molecule has 0 aliphatic rings. The molecule has 0 atom stereocenters. The monoisotopic (exact) mass is 311 g/mol. The summed E-state index contributed by atoms with van der Waals surface area (Å²) >= 11 is 5.91. The van der Waals surface area contributed by atoms with Gasteiger partial charge in [-0.1, -0.05) is 41.4 Å². The molecule has 0 aliphatic heterocycles. The number of rotatable bonds is 3. The van der Waals surface area contributed by atoms with Crippen molar-refractivity contribution in [2.24, 2.45) is 10.2 Å². The Morgan fingerprint density at radius 1 is 1.00 bits per heavy atom. The van der Waals surface area contributed by atoms with Crippen LogP contribution in [0.15, 0.2) is 58.8 Å². The second-order valence-electron chi connectivity index (χ2n) is 4.87. The Morgan fingerprint density at radius 2 is 1.68 bits per heavy atom. The molecule has 22 heavy (non-hydrogen) atoms. The number of aromatic nitrogens is 2. The van der Waals surface area contributed by atoms with Crippen LogP contribution in [-0.4, -0.2) is 10.2 Å². The fourth-order valence-corrected chi connectivity index (χ4v) is 2.11. The quantitative estimate of drug-likeness (QED) is 0.665. The number of nitrogens with two attached hydrogens (primary N) is 1. The minimum Gasteiger partial charge on any atom is -0.380 e. The number of azo groups is 1. The van der Waals surface area contributed by atoms with Gasteiger partial charge in [0.1, 0.15) is 0 Å². The highest BCUT2D eigenvalue weighted by Gasteiger charge is 2.12. The van der Waals surface area contributed by atoms with E-state index in [-0.39, 0.29) is 0 Å². The Morgan fingerprint density at radius 3 is 2.36 bits per heavy atom. The highest BCUT2D eigenvalue weighted by molar-refractivity contribution is 6.30. The number of H-pyrrole nitrogens is 1. The number of hydrogen-bond donors (Lipinski definition) is 2. The molecule has 0 fully saturated rings. The molecule has 0 aliphatic carbocycles. The fourth-order valence-electron chi connectivity index (χ4n) is 1.99. The molecule has 6 heteroatoms. The smallest absolute Gasteiger partial charge is 0.173 e. The summed E-state index contributed by atoms with van der Waals surface area (Å²) in [6, 6.07) is 15.1. The number of aromatic amines is 1. The van der Waals surface area contributed by atoms with Gasteiger partial charge in [-0.3, -0.25) is 5.10 Å². The van der Waals surface area contributed by atoms with E-state index in [1.54, 1.807) is 12.1 Å². The van der Waals surface area contributed by atoms with Gasteiger partial charge >= 0.3 is 0 Å². The highest BCUT2D eigenvalue weighted by Crippen LogP contribution is 2.34. The molecule has 5 nitrogen and oxygen atoms in total. The number of hydrogen-bond acceptors (Lipinski definition) is 4. The molecule has 3 rings (SSSR count). The molecule has 0 saturated heterocycles. The third-order valence-electron chi connectivity index (χ3n) is 3.20. The lowest BCUT2D eigenvalue weighted by Gasteiger charge is -2.00. The summed E-state index contributed by atoms with van der Waals surface area (Å²) in [4.78, 5) is 0. The van der Waals surface area contributed by atoms with Gasteiger partial charge < -0.3 is 5.73 Å². The first-order chi connectivity index (χ1) is 10.6. The maximum atomic E-state index is 5.91. The summed E-state index contributed by atoms with van der Waals surface area (Å²) in [5, 5.41) is 16.0. The van der Waals surface area contributed by atoms with Gasteiger partial charge in [-0.05, 0) is 31.2 Å². The SMILES string of the molecule is Cc1ccc(N=Nc2c(N)n[nH]c2-c2ccc(Cl)cc2)cc1. The first-order valence-corrected chi connectivity index (χ1v) is 7.09. The number of halogens is 1. The zero-order chi connectivity index (χ0) is 15.5. The Kier molecular flexibility index (Phi) is 3.89. The van der Waals surface area contributed by atoms with Gasteiger partial charge in [0, 0.05) is 10.6 Å².